The fourth-order valence-electron chi connectivity index (χ4n) is 2.37. The first-order valence-electron chi connectivity index (χ1n) is 6.37. The molecule has 108 valence electrons. The van der Waals surface area contributed by atoms with E-state index in [9.17, 15) is 13.2 Å². The Morgan fingerprint density at radius 3 is 2.38 bits per heavy atom. The second-order valence-corrected chi connectivity index (χ2v) is 4.79. The van der Waals surface area contributed by atoms with Gasteiger partial charge in [0.25, 0.3) is 0 Å². The maximum atomic E-state index is 12.1. The molecule has 0 aliphatic carbocycles. The quantitative estimate of drug-likeness (QED) is 0.702. The number of benzene rings is 2. The summed E-state index contributed by atoms with van der Waals surface area (Å²) in [4.78, 5) is 3.27. The van der Waals surface area contributed by atoms with Crippen LogP contribution in [0, 0.1) is 6.92 Å². The molecular weight excluding hydrogens is 279 g/mol. The van der Waals surface area contributed by atoms with Crippen molar-refractivity contribution < 1.29 is 17.9 Å². The van der Waals surface area contributed by atoms with Crippen molar-refractivity contribution >= 4 is 10.9 Å². The summed E-state index contributed by atoms with van der Waals surface area (Å²) in [6.45, 7) is 1.96. The minimum atomic E-state index is -4.67. The van der Waals surface area contributed by atoms with Crippen molar-refractivity contribution in [1.29, 1.82) is 0 Å². The van der Waals surface area contributed by atoms with Gasteiger partial charge in [0, 0.05) is 16.6 Å². The van der Waals surface area contributed by atoms with Gasteiger partial charge in [-0.2, -0.15) is 0 Å². The van der Waals surface area contributed by atoms with Crippen molar-refractivity contribution in [3.8, 4) is 16.9 Å². The number of rotatable bonds is 2. The number of aromatic amines is 1. The summed E-state index contributed by atoms with van der Waals surface area (Å²) in [6.07, 6.45) is -4.67. The summed E-state index contributed by atoms with van der Waals surface area (Å²) in [5.74, 6) is -0.221. The largest absolute Gasteiger partial charge is 0.573 e. The van der Waals surface area contributed by atoms with Gasteiger partial charge in [0.05, 0.1) is 5.52 Å². The van der Waals surface area contributed by atoms with Gasteiger partial charge >= 0.3 is 6.36 Å². The van der Waals surface area contributed by atoms with Crippen LogP contribution in [0.5, 0.6) is 5.75 Å². The second kappa shape index (κ2) is 4.84. The van der Waals surface area contributed by atoms with Crippen LogP contribution in [0.2, 0.25) is 0 Å². The molecule has 3 aromatic rings. The Labute approximate surface area is 119 Å². The Kier molecular flexibility index (Phi) is 3.12. The van der Waals surface area contributed by atoms with Crippen LogP contribution in [-0.2, 0) is 0 Å². The number of nitrogens with one attached hydrogen (secondary N) is 1. The lowest BCUT2D eigenvalue weighted by molar-refractivity contribution is -0.274. The summed E-state index contributed by atoms with van der Waals surface area (Å²) in [7, 11) is 0. The first-order valence-corrected chi connectivity index (χ1v) is 6.37. The van der Waals surface area contributed by atoms with E-state index in [1.807, 2.05) is 31.2 Å². The van der Waals surface area contributed by atoms with E-state index in [4.69, 9.17) is 0 Å². The van der Waals surface area contributed by atoms with Gasteiger partial charge in [-0.25, -0.2) is 0 Å². The first kappa shape index (κ1) is 13.5. The van der Waals surface area contributed by atoms with Crippen LogP contribution in [0.1, 0.15) is 5.69 Å². The zero-order chi connectivity index (χ0) is 15.0. The molecule has 0 saturated heterocycles. The third kappa shape index (κ3) is 2.86. The summed E-state index contributed by atoms with van der Waals surface area (Å²) < 4.78 is 40.3. The molecule has 1 N–H and O–H groups in total. The van der Waals surface area contributed by atoms with Gasteiger partial charge < -0.3 is 9.72 Å². The molecule has 0 aliphatic heterocycles. The maximum Gasteiger partial charge on any atom is 0.573 e. The van der Waals surface area contributed by atoms with Gasteiger partial charge in [-0.15, -0.1) is 13.2 Å². The highest BCUT2D eigenvalue weighted by molar-refractivity contribution is 5.94. The summed E-state index contributed by atoms with van der Waals surface area (Å²) in [5, 5.41) is 1.07. The monoisotopic (exact) mass is 291 g/mol. The van der Waals surface area contributed by atoms with Crippen LogP contribution in [-0.4, -0.2) is 11.3 Å². The van der Waals surface area contributed by atoms with Gasteiger partial charge in [0.2, 0.25) is 0 Å². The van der Waals surface area contributed by atoms with E-state index in [0.29, 0.717) is 0 Å². The van der Waals surface area contributed by atoms with Crippen LogP contribution in [0.4, 0.5) is 13.2 Å². The number of fused-ring (bicyclic) bond motifs is 1. The van der Waals surface area contributed by atoms with Crippen molar-refractivity contribution in [3.05, 3.63) is 54.2 Å². The molecule has 2 aromatic carbocycles. The number of halogens is 3. The molecule has 0 fully saturated rings. The number of aryl methyl sites for hydroxylation is 1. The highest BCUT2D eigenvalue weighted by Gasteiger charge is 2.30. The first-order chi connectivity index (χ1) is 9.92. The molecule has 0 saturated carbocycles. The van der Waals surface area contributed by atoms with Crippen LogP contribution < -0.4 is 4.74 Å². The predicted molar refractivity (Wildman–Crippen MR) is 75.2 cm³/mol. The molecule has 0 amide bonds. The summed E-state index contributed by atoms with van der Waals surface area (Å²) in [6, 6.07) is 13.7. The summed E-state index contributed by atoms with van der Waals surface area (Å²) in [5.41, 5.74) is 3.78. The van der Waals surface area contributed by atoms with Crippen molar-refractivity contribution in [1.82, 2.24) is 4.98 Å². The third-order valence-electron chi connectivity index (χ3n) is 3.19. The molecule has 2 nitrogen and oxygen atoms in total. The average Bonchev–Trinajstić information content (AvgIpc) is 2.78. The standard InChI is InChI=1S/C16H12F3NO/c1-10-9-12-3-2-4-14(15(12)20-10)11-5-7-13(8-6-11)21-16(17,18)19/h2-9,20H,1H3. The number of hydrogen-bond acceptors (Lipinski definition) is 1. The zero-order valence-electron chi connectivity index (χ0n) is 11.2. The van der Waals surface area contributed by atoms with E-state index in [-0.39, 0.29) is 5.75 Å². The Bertz CT molecular complexity index is 772. The van der Waals surface area contributed by atoms with Crippen molar-refractivity contribution in [2.75, 3.05) is 0 Å². The Hall–Kier alpha value is -2.43. The predicted octanol–water partition coefficient (Wildman–Crippen LogP) is 5.04. The number of hydrogen-bond donors (Lipinski definition) is 1. The van der Waals surface area contributed by atoms with E-state index < -0.39 is 6.36 Å². The molecule has 21 heavy (non-hydrogen) atoms. The Balaban J connectivity index is 1.99. The molecule has 0 unspecified atom stereocenters. The number of aromatic nitrogens is 1. The topological polar surface area (TPSA) is 25.0 Å². The highest BCUT2D eigenvalue weighted by Crippen LogP contribution is 2.31. The molecule has 0 atom stereocenters. The van der Waals surface area contributed by atoms with Crippen molar-refractivity contribution in [3.63, 3.8) is 0 Å². The van der Waals surface area contributed by atoms with E-state index in [2.05, 4.69) is 9.72 Å². The van der Waals surface area contributed by atoms with Crippen molar-refractivity contribution in [2.24, 2.45) is 0 Å². The smallest absolute Gasteiger partial charge is 0.406 e. The Morgan fingerprint density at radius 2 is 1.71 bits per heavy atom. The molecule has 0 spiro atoms. The Morgan fingerprint density at radius 1 is 1.00 bits per heavy atom. The van der Waals surface area contributed by atoms with Gasteiger partial charge in [0.15, 0.2) is 0 Å². The molecule has 1 aromatic heterocycles. The van der Waals surface area contributed by atoms with Crippen LogP contribution >= 0.6 is 0 Å². The maximum absolute atomic E-state index is 12.1. The molecule has 0 bridgehead atoms. The lowest BCUT2D eigenvalue weighted by Crippen LogP contribution is -2.16. The van der Waals surface area contributed by atoms with Gasteiger partial charge in [-0.05, 0) is 30.7 Å². The lowest BCUT2D eigenvalue weighted by Gasteiger charge is -2.09. The SMILES string of the molecule is Cc1cc2cccc(-c3ccc(OC(F)(F)F)cc3)c2[nH]1. The fourth-order valence-corrected chi connectivity index (χ4v) is 2.37. The van der Waals surface area contributed by atoms with Crippen LogP contribution in [0.3, 0.4) is 0 Å². The second-order valence-electron chi connectivity index (χ2n) is 4.79. The summed E-state index contributed by atoms with van der Waals surface area (Å²) >= 11 is 0. The molecule has 3 rings (SSSR count). The van der Waals surface area contributed by atoms with Gasteiger partial charge in [-0.3, -0.25) is 0 Å². The normalized spacial score (nSPS) is 11.8. The van der Waals surface area contributed by atoms with Crippen molar-refractivity contribution in [2.45, 2.75) is 13.3 Å². The molecule has 0 radical (unpaired) electrons. The van der Waals surface area contributed by atoms with Crippen LogP contribution in [0.15, 0.2) is 48.5 Å². The molecule has 0 aliphatic rings. The number of alkyl halides is 3. The van der Waals surface area contributed by atoms with Crippen LogP contribution in [0.25, 0.3) is 22.0 Å². The number of H-pyrrole nitrogens is 1. The fraction of sp³-hybridized carbons (Fsp3) is 0.125. The third-order valence-corrected chi connectivity index (χ3v) is 3.19. The molecule has 5 heteroatoms. The van der Waals surface area contributed by atoms with E-state index in [0.717, 1.165) is 27.7 Å². The van der Waals surface area contributed by atoms with E-state index >= 15 is 0 Å². The van der Waals surface area contributed by atoms with E-state index in [1.54, 1.807) is 12.1 Å². The minimum absolute atomic E-state index is 0.221. The lowest BCUT2D eigenvalue weighted by atomic mass is 10.0. The van der Waals surface area contributed by atoms with Gasteiger partial charge in [0.1, 0.15) is 5.75 Å². The molecule has 1 heterocycles. The minimum Gasteiger partial charge on any atom is -0.406 e. The number of para-hydroxylation sites is 1. The highest BCUT2D eigenvalue weighted by atomic mass is 19.4. The van der Waals surface area contributed by atoms with Gasteiger partial charge in [-0.1, -0.05) is 30.3 Å². The number of ether oxygens (including phenoxy) is 1. The zero-order valence-corrected chi connectivity index (χ0v) is 11.2. The molecular formula is C16H12F3NO. The van der Waals surface area contributed by atoms with E-state index in [1.165, 1.54) is 12.1 Å². The average molecular weight is 291 g/mol.